The predicted octanol–water partition coefficient (Wildman–Crippen LogP) is 39.5. The molecule has 1 aliphatic carbocycles. The second-order valence-electron chi connectivity index (χ2n) is 37.2. The van der Waals surface area contributed by atoms with Crippen LogP contribution in [0.4, 0.5) is 0 Å². The zero-order valence-corrected chi connectivity index (χ0v) is 84.5. The van der Waals surface area contributed by atoms with E-state index in [-0.39, 0.29) is 5.41 Å². The maximum absolute atomic E-state index is 2.29. The van der Waals surface area contributed by atoms with E-state index in [4.69, 9.17) is 0 Å². The minimum Gasteiger partial charge on any atom is -0.0683 e. The Bertz CT molecular complexity index is 2820. The first-order chi connectivity index (χ1) is 51.8. The van der Waals surface area contributed by atoms with Crippen LogP contribution in [0.5, 0.6) is 0 Å². The third-order valence-corrected chi connectivity index (χ3v) is 9.79. The predicted molar refractivity (Wildman–Crippen MR) is 533 cm³/mol. The lowest BCUT2D eigenvalue weighted by Gasteiger charge is -2.33. The molecule has 0 nitrogen and oxygen atoms in total. The van der Waals surface area contributed by atoms with Crippen LogP contribution in [0.1, 0.15) is 380 Å². The van der Waals surface area contributed by atoms with Crippen LogP contribution < -0.4 is 0 Å². The summed E-state index contributed by atoms with van der Waals surface area (Å²) in [6, 6.07) is 89.2. The standard InChI is InChI=1S/C25H18.C13H12.C10H8.C6H6.8C5H12.9C2H6/c1-3-11-19(12-4-1)25(20-13-5-2-6-14-20)23-17-9-7-15-21(23)22-16-8-10-18-24(22)25;1-3-7-12(8-4-1)11-13-9-5-2-6-10-13;1-2-6-10-8-4-3-7-9(10)5-1;1-2-4-6-5-3-1;8*1-5(2,3)4;9*1-2/h1-18H;1-10H,11H2;1-8H;1-6H;8*1-4H3;9*1-2H3. The minimum absolute atomic E-state index is 0.254. The molecule has 0 N–H and O–H groups in total. The number of benzene rings is 9. The molecule has 0 amide bonds. The molecular weight excluding hydrogens is 1350 g/mol. The van der Waals surface area contributed by atoms with Crippen LogP contribution in [0.25, 0.3) is 21.9 Å². The van der Waals surface area contributed by atoms with Crippen LogP contribution in [-0.2, 0) is 11.8 Å². The molecular formula is C112H194. The molecule has 642 valence electrons. The van der Waals surface area contributed by atoms with Crippen molar-refractivity contribution in [3.8, 4) is 11.1 Å². The Hall–Kier alpha value is -6.76. The average molecular weight is 1540 g/mol. The summed E-state index contributed by atoms with van der Waals surface area (Å²) >= 11 is 0. The van der Waals surface area contributed by atoms with Crippen molar-refractivity contribution < 1.29 is 0 Å². The summed E-state index contributed by atoms with van der Waals surface area (Å²) in [6.07, 6.45) is 1.03. The van der Waals surface area contributed by atoms with Crippen LogP contribution in [0.2, 0.25) is 0 Å². The van der Waals surface area contributed by atoms with Gasteiger partial charge in [-0.05, 0) is 105 Å². The van der Waals surface area contributed by atoms with Gasteiger partial charge in [0, 0.05) is 0 Å². The molecule has 112 heavy (non-hydrogen) atoms. The number of hydrogen-bond acceptors (Lipinski definition) is 0. The Kier molecular flexibility index (Phi) is 88.3. The Balaban J connectivity index is -0.000000114. The summed E-state index contributed by atoms with van der Waals surface area (Å²) < 4.78 is 0. The zero-order chi connectivity index (χ0) is 90.7. The molecule has 0 heteroatoms. The van der Waals surface area contributed by atoms with Crippen LogP contribution in [0.15, 0.2) is 255 Å². The molecule has 1 aliphatic rings. The number of rotatable bonds is 4. The van der Waals surface area contributed by atoms with Crippen molar-refractivity contribution in [2.24, 2.45) is 43.3 Å². The van der Waals surface area contributed by atoms with Gasteiger partial charge >= 0.3 is 0 Å². The molecule has 0 saturated carbocycles. The Labute approximate surface area is 707 Å². The highest BCUT2D eigenvalue weighted by Gasteiger charge is 2.45. The molecule has 0 bridgehead atoms. The lowest BCUT2D eigenvalue weighted by atomic mass is 9.68. The van der Waals surface area contributed by atoms with Crippen molar-refractivity contribution in [1.29, 1.82) is 0 Å². The fourth-order valence-electron chi connectivity index (χ4n) is 7.35. The Morgan fingerprint density at radius 1 is 0.161 bits per heavy atom. The lowest BCUT2D eigenvalue weighted by molar-refractivity contribution is 0.469. The van der Waals surface area contributed by atoms with Crippen LogP contribution in [0, 0.1) is 43.3 Å². The molecule has 0 saturated heterocycles. The van der Waals surface area contributed by atoms with Crippen LogP contribution >= 0.6 is 0 Å². The summed E-state index contributed by atoms with van der Waals surface area (Å²) in [5.41, 5.74) is 14.5. The van der Waals surface area contributed by atoms with Gasteiger partial charge in [0.2, 0.25) is 0 Å². The van der Waals surface area contributed by atoms with Gasteiger partial charge in [0.15, 0.2) is 0 Å². The maximum Gasteiger partial charge on any atom is 0.0713 e. The topological polar surface area (TPSA) is 0 Å². The van der Waals surface area contributed by atoms with Gasteiger partial charge in [-0.15, -0.1) is 0 Å². The zero-order valence-electron chi connectivity index (χ0n) is 84.5. The molecule has 0 spiro atoms. The Morgan fingerprint density at radius 3 is 0.455 bits per heavy atom. The van der Waals surface area contributed by atoms with Gasteiger partial charge < -0.3 is 0 Å². The Morgan fingerprint density at radius 2 is 0.286 bits per heavy atom. The summed E-state index contributed by atoms with van der Waals surface area (Å²) in [7, 11) is 0. The van der Waals surface area contributed by atoms with Gasteiger partial charge in [0.05, 0.1) is 5.41 Å². The fraction of sp³-hybridized carbons (Fsp3) is 0.536. The highest BCUT2D eigenvalue weighted by molar-refractivity contribution is 5.86. The third kappa shape index (κ3) is 101. The van der Waals surface area contributed by atoms with Crippen molar-refractivity contribution in [2.45, 2.75) is 358 Å². The van der Waals surface area contributed by atoms with Gasteiger partial charge in [0.25, 0.3) is 0 Å². The highest BCUT2D eigenvalue weighted by Crippen LogP contribution is 2.55. The molecule has 10 rings (SSSR count). The van der Waals surface area contributed by atoms with Crippen LogP contribution in [-0.4, -0.2) is 0 Å². The first kappa shape index (κ1) is 129. The molecule has 0 atom stereocenters. The molecule has 0 unspecified atom stereocenters. The van der Waals surface area contributed by atoms with Gasteiger partial charge in [-0.1, -0.05) is 601 Å². The third-order valence-electron chi connectivity index (χ3n) is 9.79. The number of fused-ring (bicyclic) bond motifs is 4. The van der Waals surface area contributed by atoms with E-state index < -0.39 is 0 Å². The molecule has 0 fully saturated rings. The van der Waals surface area contributed by atoms with Gasteiger partial charge in [-0.2, -0.15) is 0 Å². The smallest absolute Gasteiger partial charge is 0.0683 e. The highest BCUT2D eigenvalue weighted by atomic mass is 14.5. The van der Waals surface area contributed by atoms with E-state index in [1.165, 1.54) is 55.3 Å². The van der Waals surface area contributed by atoms with E-state index in [0.717, 1.165) is 6.42 Å². The first-order valence-corrected chi connectivity index (χ1v) is 43.7. The van der Waals surface area contributed by atoms with E-state index in [1.807, 2.05) is 161 Å². The molecule has 9 aromatic carbocycles. The summed E-state index contributed by atoms with van der Waals surface area (Å²) in [5, 5.41) is 2.62. The molecule has 0 radical (unpaired) electrons. The SMILES string of the molecule is CC.CC.CC.CC.CC.CC.CC.CC.CC.CC(C)(C)C.CC(C)(C)C.CC(C)(C)C.CC(C)(C)C.CC(C)(C)C.CC(C)(C)C.CC(C)(C)C.CC(C)(C)C.c1ccc(C2(c3ccccc3)c3ccccc3-c3ccccc32)cc1.c1ccc(Cc2ccccc2)cc1.c1ccc2ccccc2c1.c1ccccc1. The second kappa shape index (κ2) is 76.8. The van der Waals surface area contributed by atoms with Crippen LogP contribution in [0.3, 0.4) is 0 Å². The van der Waals surface area contributed by atoms with Crippen molar-refractivity contribution >= 4 is 10.8 Å². The van der Waals surface area contributed by atoms with E-state index in [0.29, 0.717) is 43.3 Å². The summed E-state index contributed by atoms with van der Waals surface area (Å²) in [6.45, 7) is 106. The molecule has 0 aromatic heterocycles. The molecule has 0 aliphatic heterocycles. The van der Waals surface area contributed by atoms with Crippen molar-refractivity contribution in [2.75, 3.05) is 0 Å². The van der Waals surface area contributed by atoms with E-state index in [9.17, 15) is 0 Å². The summed E-state index contributed by atoms with van der Waals surface area (Å²) in [4.78, 5) is 0. The van der Waals surface area contributed by atoms with Gasteiger partial charge in [-0.25, -0.2) is 0 Å². The van der Waals surface area contributed by atoms with E-state index in [2.05, 4.69) is 440 Å². The first-order valence-electron chi connectivity index (χ1n) is 43.7. The summed E-state index contributed by atoms with van der Waals surface area (Å²) in [5.74, 6) is 0. The maximum atomic E-state index is 2.29. The van der Waals surface area contributed by atoms with Gasteiger partial charge in [0.1, 0.15) is 0 Å². The second-order valence-corrected chi connectivity index (χ2v) is 37.2. The molecule has 9 aromatic rings. The minimum atomic E-state index is -0.254. The molecule has 0 heterocycles. The quantitative estimate of drug-likeness (QED) is 0.165. The average Bonchev–Trinajstić information content (AvgIpc) is 1.54. The normalized spacial score (nSPS) is 10.3. The lowest BCUT2D eigenvalue weighted by Crippen LogP contribution is -2.28. The fourth-order valence-corrected chi connectivity index (χ4v) is 7.35. The largest absolute Gasteiger partial charge is 0.0713 e. The van der Waals surface area contributed by atoms with Crippen molar-refractivity contribution in [3.05, 3.63) is 288 Å². The van der Waals surface area contributed by atoms with E-state index in [1.54, 1.807) is 0 Å². The van der Waals surface area contributed by atoms with Crippen molar-refractivity contribution in [1.82, 2.24) is 0 Å². The van der Waals surface area contributed by atoms with Crippen molar-refractivity contribution in [3.63, 3.8) is 0 Å². The number of hydrogen-bond donors (Lipinski definition) is 0. The van der Waals surface area contributed by atoms with Gasteiger partial charge in [-0.3, -0.25) is 0 Å². The van der Waals surface area contributed by atoms with E-state index >= 15 is 0 Å². The monoisotopic (exact) mass is 1540 g/mol.